The summed E-state index contributed by atoms with van der Waals surface area (Å²) in [5, 5.41) is 14.5. The summed E-state index contributed by atoms with van der Waals surface area (Å²) in [5.41, 5.74) is 0.985. The van der Waals surface area contributed by atoms with Crippen LogP contribution in [0.25, 0.3) is 0 Å². The van der Waals surface area contributed by atoms with Crippen LogP contribution in [-0.2, 0) is 9.59 Å². The predicted octanol–water partition coefficient (Wildman–Crippen LogP) is 1.35. The minimum atomic E-state index is -0.895. The van der Waals surface area contributed by atoms with Crippen LogP contribution in [0.15, 0.2) is 24.3 Å². The molecule has 0 radical (unpaired) electrons. The molecule has 0 aliphatic carbocycles. The van der Waals surface area contributed by atoms with Gasteiger partial charge in [-0.1, -0.05) is 6.07 Å². The maximum Gasteiger partial charge on any atom is 0.320 e. The Kier molecular flexibility index (Phi) is 7.67. The van der Waals surface area contributed by atoms with E-state index in [1.807, 2.05) is 6.92 Å². The summed E-state index contributed by atoms with van der Waals surface area (Å²) in [6, 6.07) is 6.06. The molecule has 1 fully saturated rings. The standard InChI is InChI=1S/C16H21N3O4.ClH/c1-2-17-15(21)11-5-3-6-12(9-11)18-14(20)10-19-8-4-7-13(19)16(22)23;/h3,5-6,9,13H,2,4,7-8,10H2,1H3,(H,17,21)(H,18,20)(H,22,23);1H. The number of halogens is 1. The highest BCUT2D eigenvalue weighted by Gasteiger charge is 2.31. The zero-order valence-electron chi connectivity index (χ0n) is 13.4. The van der Waals surface area contributed by atoms with E-state index in [9.17, 15) is 14.4 Å². The molecule has 2 amide bonds. The highest BCUT2D eigenvalue weighted by molar-refractivity contribution is 5.97. The van der Waals surface area contributed by atoms with E-state index in [1.54, 1.807) is 29.2 Å². The molecule has 0 spiro atoms. The summed E-state index contributed by atoms with van der Waals surface area (Å²) in [6.07, 6.45) is 1.34. The summed E-state index contributed by atoms with van der Waals surface area (Å²) in [4.78, 5) is 36.7. The Morgan fingerprint density at radius 2 is 2.08 bits per heavy atom. The van der Waals surface area contributed by atoms with Crippen LogP contribution in [0.4, 0.5) is 5.69 Å². The third-order valence-electron chi connectivity index (χ3n) is 3.74. The number of nitrogens with one attached hydrogen (secondary N) is 2. The third kappa shape index (κ3) is 5.21. The molecule has 1 unspecified atom stereocenters. The molecule has 1 aromatic carbocycles. The molecule has 1 aliphatic heterocycles. The lowest BCUT2D eigenvalue weighted by Crippen LogP contribution is -2.40. The highest BCUT2D eigenvalue weighted by atomic mass is 35.5. The van der Waals surface area contributed by atoms with Gasteiger partial charge in [0.05, 0.1) is 6.54 Å². The fourth-order valence-electron chi connectivity index (χ4n) is 2.68. The average molecular weight is 356 g/mol. The fraction of sp³-hybridized carbons (Fsp3) is 0.438. The molecule has 1 aliphatic rings. The van der Waals surface area contributed by atoms with Gasteiger partial charge in [0.2, 0.25) is 5.91 Å². The zero-order chi connectivity index (χ0) is 16.8. The van der Waals surface area contributed by atoms with Gasteiger partial charge in [-0.15, -0.1) is 12.4 Å². The van der Waals surface area contributed by atoms with Crippen LogP contribution in [0.3, 0.4) is 0 Å². The van der Waals surface area contributed by atoms with E-state index in [-0.39, 0.29) is 30.8 Å². The van der Waals surface area contributed by atoms with E-state index < -0.39 is 12.0 Å². The molecule has 8 heteroatoms. The lowest BCUT2D eigenvalue weighted by Gasteiger charge is -2.20. The van der Waals surface area contributed by atoms with Crippen molar-refractivity contribution in [3.05, 3.63) is 29.8 Å². The number of carboxylic acids is 1. The fourth-order valence-corrected chi connectivity index (χ4v) is 2.68. The Labute approximate surface area is 146 Å². The summed E-state index contributed by atoms with van der Waals surface area (Å²) in [6.45, 7) is 2.99. The first-order chi connectivity index (χ1) is 11.0. The average Bonchev–Trinajstić information content (AvgIpc) is 2.96. The van der Waals surface area contributed by atoms with Crippen molar-refractivity contribution in [3.63, 3.8) is 0 Å². The second-order valence-corrected chi connectivity index (χ2v) is 5.46. The number of hydrogen-bond acceptors (Lipinski definition) is 4. The Morgan fingerprint density at radius 3 is 2.75 bits per heavy atom. The lowest BCUT2D eigenvalue weighted by molar-refractivity contribution is -0.142. The number of nitrogens with zero attached hydrogens (tertiary/aromatic N) is 1. The van der Waals surface area contributed by atoms with Gasteiger partial charge in [0.25, 0.3) is 5.91 Å². The number of anilines is 1. The lowest BCUT2D eigenvalue weighted by atomic mass is 10.2. The molecule has 0 saturated carbocycles. The van der Waals surface area contributed by atoms with Gasteiger partial charge >= 0.3 is 5.97 Å². The molecule has 0 bridgehead atoms. The van der Waals surface area contributed by atoms with Crippen LogP contribution in [0.5, 0.6) is 0 Å². The van der Waals surface area contributed by atoms with Crippen molar-refractivity contribution < 1.29 is 19.5 Å². The first-order valence-electron chi connectivity index (χ1n) is 7.66. The first-order valence-corrected chi connectivity index (χ1v) is 7.66. The van der Waals surface area contributed by atoms with Gasteiger partial charge < -0.3 is 15.7 Å². The highest BCUT2D eigenvalue weighted by Crippen LogP contribution is 2.17. The van der Waals surface area contributed by atoms with Crippen LogP contribution in [0.1, 0.15) is 30.1 Å². The van der Waals surface area contributed by atoms with Gasteiger partial charge in [-0.3, -0.25) is 19.3 Å². The van der Waals surface area contributed by atoms with E-state index in [1.165, 1.54) is 0 Å². The maximum absolute atomic E-state index is 12.1. The minimum Gasteiger partial charge on any atom is -0.480 e. The van der Waals surface area contributed by atoms with Crippen molar-refractivity contribution in [2.45, 2.75) is 25.8 Å². The van der Waals surface area contributed by atoms with Crippen LogP contribution < -0.4 is 10.6 Å². The van der Waals surface area contributed by atoms with Crippen molar-refractivity contribution in [1.29, 1.82) is 0 Å². The maximum atomic E-state index is 12.1. The van der Waals surface area contributed by atoms with Gasteiger partial charge in [-0.25, -0.2) is 0 Å². The molecular formula is C16H22ClN3O4. The summed E-state index contributed by atoms with van der Waals surface area (Å²) >= 11 is 0. The van der Waals surface area contributed by atoms with Crippen LogP contribution in [0, 0.1) is 0 Å². The van der Waals surface area contributed by atoms with Gasteiger partial charge in [-0.05, 0) is 44.5 Å². The van der Waals surface area contributed by atoms with Crippen molar-refractivity contribution >= 4 is 35.9 Å². The predicted molar refractivity (Wildman–Crippen MR) is 92.6 cm³/mol. The van der Waals surface area contributed by atoms with Crippen LogP contribution >= 0.6 is 12.4 Å². The Bertz CT molecular complexity index is 609. The molecule has 7 nitrogen and oxygen atoms in total. The Hall–Kier alpha value is -2.12. The van der Waals surface area contributed by atoms with E-state index in [2.05, 4.69) is 10.6 Å². The summed E-state index contributed by atoms with van der Waals surface area (Å²) in [5.74, 6) is -1.38. The van der Waals surface area contributed by atoms with Crippen molar-refractivity contribution in [2.24, 2.45) is 0 Å². The summed E-state index contributed by atoms with van der Waals surface area (Å²) in [7, 11) is 0. The smallest absolute Gasteiger partial charge is 0.320 e. The quantitative estimate of drug-likeness (QED) is 0.715. The molecule has 1 saturated heterocycles. The first kappa shape index (κ1) is 19.9. The van der Waals surface area contributed by atoms with Crippen LogP contribution in [-0.4, -0.2) is 53.5 Å². The van der Waals surface area contributed by atoms with E-state index >= 15 is 0 Å². The number of benzene rings is 1. The molecule has 1 heterocycles. The number of amides is 2. The van der Waals surface area contributed by atoms with Gasteiger partial charge in [0.15, 0.2) is 0 Å². The molecular weight excluding hydrogens is 334 g/mol. The van der Waals surface area contributed by atoms with Crippen molar-refractivity contribution in [2.75, 3.05) is 25.0 Å². The zero-order valence-corrected chi connectivity index (χ0v) is 14.3. The molecule has 0 aromatic heterocycles. The molecule has 1 aromatic rings. The number of rotatable bonds is 6. The normalized spacial score (nSPS) is 17.0. The molecule has 3 N–H and O–H groups in total. The SMILES string of the molecule is CCNC(=O)c1cccc(NC(=O)CN2CCCC2C(=O)O)c1.Cl. The van der Waals surface area contributed by atoms with Gasteiger partial charge in [0.1, 0.15) is 6.04 Å². The van der Waals surface area contributed by atoms with Gasteiger partial charge in [0, 0.05) is 17.8 Å². The molecule has 24 heavy (non-hydrogen) atoms. The number of carboxylic acid groups (broad SMARTS) is 1. The number of aliphatic carboxylic acids is 1. The number of likely N-dealkylation sites (tertiary alicyclic amines) is 1. The van der Waals surface area contributed by atoms with E-state index in [0.29, 0.717) is 30.8 Å². The minimum absolute atomic E-state index is 0. The number of hydrogen-bond donors (Lipinski definition) is 3. The Balaban J connectivity index is 0.00000288. The van der Waals surface area contributed by atoms with E-state index in [0.717, 1.165) is 6.42 Å². The molecule has 2 rings (SSSR count). The number of carbonyl (C=O) groups excluding carboxylic acids is 2. The van der Waals surface area contributed by atoms with Crippen molar-refractivity contribution in [3.8, 4) is 0 Å². The second kappa shape index (κ2) is 9.24. The molecule has 1 atom stereocenters. The van der Waals surface area contributed by atoms with Crippen LogP contribution in [0.2, 0.25) is 0 Å². The second-order valence-electron chi connectivity index (χ2n) is 5.46. The largest absolute Gasteiger partial charge is 0.480 e. The molecule has 132 valence electrons. The van der Waals surface area contributed by atoms with Gasteiger partial charge in [-0.2, -0.15) is 0 Å². The summed E-state index contributed by atoms with van der Waals surface area (Å²) < 4.78 is 0. The third-order valence-corrected chi connectivity index (χ3v) is 3.74. The van der Waals surface area contributed by atoms with Crippen molar-refractivity contribution in [1.82, 2.24) is 10.2 Å². The monoisotopic (exact) mass is 355 g/mol. The topological polar surface area (TPSA) is 98.7 Å². The van der Waals surface area contributed by atoms with E-state index in [4.69, 9.17) is 5.11 Å². The number of carbonyl (C=O) groups is 3. The Morgan fingerprint density at radius 1 is 1.33 bits per heavy atom.